The molecule has 0 aliphatic heterocycles. The van der Waals surface area contributed by atoms with Crippen molar-refractivity contribution in [1.29, 1.82) is 0 Å². The zero-order chi connectivity index (χ0) is 11.8. The first-order chi connectivity index (χ1) is 8.25. The largest absolute Gasteiger partial charge is 0.294 e. The van der Waals surface area contributed by atoms with Crippen LogP contribution in [0, 0.1) is 11.8 Å². The van der Waals surface area contributed by atoms with Gasteiger partial charge in [0.1, 0.15) is 0 Å². The molecular formula is C16H20O. The smallest absolute Gasteiger partial charge is 0.165 e. The Morgan fingerprint density at radius 2 is 2.00 bits per heavy atom. The van der Waals surface area contributed by atoms with Gasteiger partial charge in [-0.1, -0.05) is 31.5 Å². The highest BCUT2D eigenvalue weighted by Crippen LogP contribution is 2.39. The SMILES string of the molecule is CC(C(=O)c1cccc(C2CCC2)c1)C1CC1. The summed E-state index contributed by atoms with van der Waals surface area (Å²) in [5, 5.41) is 0. The van der Waals surface area contributed by atoms with E-state index in [2.05, 4.69) is 25.1 Å². The number of rotatable bonds is 4. The monoisotopic (exact) mass is 228 g/mol. The Bertz CT molecular complexity index is 427. The van der Waals surface area contributed by atoms with Crippen LogP contribution in [0.15, 0.2) is 24.3 Å². The average Bonchev–Trinajstić information content (AvgIpc) is 3.09. The fourth-order valence-corrected chi connectivity index (χ4v) is 2.76. The second-order valence-corrected chi connectivity index (χ2v) is 5.74. The third kappa shape index (κ3) is 2.15. The molecule has 2 aliphatic carbocycles. The molecule has 1 heteroatoms. The predicted octanol–water partition coefficient (Wildman–Crippen LogP) is 4.18. The third-order valence-electron chi connectivity index (χ3n) is 4.49. The van der Waals surface area contributed by atoms with E-state index in [1.165, 1.54) is 37.7 Å². The Kier molecular flexibility index (Phi) is 2.78. The lowest BCUT2D eigenvalue weighted by Crippen LogP contribution is -2.15. The second-order valence-electron chi connectivity index (χ2n) is 5.74. The summed E-state index contributed by atoms with van der Waals surface area (Å²) in [6.07, 6.45) is 6.44. The molecule has 1 aromatic carbocycles. The van der Waals surface area contributed by atoms with Crippen molar-refractivity contribution in [2.75, 3.05) is 0 Å². The first-order valence-electron chi connectivity index (χ1n) is 6.90. The van der Waals surface area contributed by atoms with Gasteiger partial charge in [0, 0.05) is 11.5 Å². The summed E-state index contributed by atoms with van der Waals surface area (Å²) in [6.45, 7) is 2.09. The summed E-state index contributed by atoms with van der Waals surface area (Å²) < 4.78 is 0. The molecule has 2 fully saturated rings. The Morgan fingerprint density at radius 1 is 1.24 bits per heavy atom. The summed E-state index contributed by atoms with van der Waals surface area (Å²) in [6, 6.07) is 8.37. The predicted molar refractivity (Wildman–Crippen MR) is 69.3 cm³/mol. The summed E-state index contributed by atoms with van der Waals surface area (Å²) in [7, 11) is 0. The fraction of sp³-hybridized carbons (Fsp3) is 0.562. The summed E-state index contributed by atoms with van der Waals surface area (Å²) in [5.74, 6) is 1.97. The van der Waals surface area contributed by atoms with Gasteiger partial charge in [-0.15, -0.1) is 0 Å². The molecule has 0 heterocycles. The molecule has 17 heavy (non-hydrogen) atoms. The van der Waals surface area contributed by atoms with Gasteiger partial charge >= 0.3 is 0 Å². The van der Waals surface area contributed by atoms with E-state index in [1.807, 2.05) is 6.07 Å². The van der Waals surface area contributed by atoms with Crippen molar-refractivity contribution < 1.29 is 4.79 Å². The Morgan fingerprint density at radius 3 is 2.59 bits per heavy atom. The van der Waals surface area contributed by atoms with Crippen molar-refractivity contribution in [3.8, 4) is 0 Å². The van der Waals surface area contributed by atoms with E-state index in [0.717, 1.165) is 11.5 Å². The lowest BCUT2D eigenvalue weighted by molar-refractivity contribution is 0.0916. The van der Waals surface area contributed by atoms with E-state index in [0.29, 0.717) is 11.7 Å². The standard InChI is InChI=1S/C16H20O/c1-11(12-8-9-12)16(17)15-7-3-6-14(10-15)13-4-2-5-13/h3,6-7,10-13H,2,4-5,8-9H2,1H3. The zero-order valence-corrected chi connectivity index (χ0v) is 10.5. The first-order valence-corrected chi connectivity index (χ1v) is 6.90. The van der Waals surface area contributed by atoms with E-state index in [4.69, 9.17) is 0 Å². The second kappa shape index (κ2) is 4.29. The molecule has 1 atom stereocenters. The molecule has 90 valence electrons. The molecule has 2 saturated carbocycles. The van der Waals surface area contributed by atoms with Gasteiger partial charge in [0.25, 0.3) is 0 Å². The van der Waals surface area contributed by atoms with Crippen molar-refractivity contribution in [3.63, 3.8) is 0 Å². The Labute approximate surface area is 103 Å². The lowest BCUT2D eigenvalue weighted by Gasteiger charge is -2.26. The maximum Gasteiger partial charge on any atom is 0.165 e. The molecule has 0 aromatic heterocycles. The molecule has 3 rings (SSSR count). The van der Waals surface area contributed by atoms with Gasteiger partial charge < -0.3 is 0 Å². The molecule has 2 aliphatic rings. The highest BCUT2D eigenvalue weighted by atomic mass is 16.1. The van der Waals surface area contributed by atoms with Crippen LogP contribution >= 0.6 is 0 Å². The van der Waals surface area contributed by atoms with Gasteiger partial charge in [-0.05, 0) is 49.1 Å². The molecule has 0 N–H and O–H groups in total. The van der Waals surface area contributed by atoms with Crippen molar-refractivity contribution in [2.45, 2.75) is 44.9 Å². The van der Waals surface area contributed by atoms with Gasteiger partial charge in [0.2, 0.25) is 0 Å². The highest BCUT2D eigenvalue weighted by molar-refractivity contribution is 5.98. The zero-order valence-electron chi connectivity index (χ0n) is 10.5. The van der Waals surface area contributed by atoms with Gasteiger partial charge in [-0.3, -0.25) is 4.79 Å². The third-order valence-corrected chi connectivity index (χ3v) is 4.49. The van der Waals surface area contributed by atoms with E-state index < -0.39 is 0 Å². The summed E-state index contributed by atoms with van der Waals surface area (Å²) >= 11 is 0. The van der Waals surface area contributed by atoms with Crippen LogP contribution in [0.3, 0.4) is 0 Å². The lowest BCUT2D eigenvalue weighted by atomic mass is 9.79. The van der Waals surface area contributed by atoms with Gasteiger partial charge in [0.15, 0.2) is 5.78 Å². The van der Waals surface area contributed by atoms with Crippen molar-refractivity contribution in [1.82, 2.24) is 0 Å². The molecule has 1 aromatic rings. The van der Waals surface area contributed by atoms with Crippen molar-refractivity contribution >= 4 is 5.78 Å². The topological polar surface area (TPSA) is 17.1 Å². The quantitative estimate of drug-likeness (QED) is 0.706. The Balaban J connectivity index is 1.79. The van der Waals surface area contributed by atoms with Crippen LogP contribution in [0.25, 0.3) is 0 Å². The number of hydrogen-bond donors (Lipinski definition) is 0. The fourth-order valence-electron chi connectivity index (χ4n) is 2.76. The average molecular weight is 228 g/mol. The van der Waals surface area contributed by atoms with Crippen LogP contribution in [0.2, 0.25) is 0 Å². The highest BCUT2D eigenvalue weighted by Gasteiger charge is 2.33. The molecule has 1 nitrogen and oxygen atoms in total. The van der Waals surface area contributed by atoms with E-state index in [1.54, 1.807) is 0 Å². The molecular weight excluding hydrogens is 208 g/mol. The number of hydrogen-bond acceptors (Lipinski definition) is 1. The van der Waals surface area contributed by atoms with Crippen LogP contribution in [0.5, 0.6) is 0 Å². The number of ketones is 1. The van der Waals surface area contributed by atoms with Crippen LogP contribution in [-0.2, 0) is 0 Å². The van der Waals surface area contributed by atoms with Crippen LogP contribution in [-0.4, -0.2) is 5.78 Å². The summed E-state index contributed by atoms with van der Waals surface area (Å²) in [4.78, 5) is 12.3. The molecule has 0 saturated heterocycles. The molecule has 1 unspecified atom stereocenters. The Hall–Kier alpha value is -1.11. The van der Waals surface area contributed by atoms with Crippen molar-refractivity contribution in [2.24, 2.45) is 11.8 Å². The molecule has 0 radical (unpaired) electrons. The minimum absolute atomic E-state index is 0.228. The van der Waals surface area contributed by atoms with Crippen molar-refractivity contribution in [3.05, 3.63) is 35.4 Å². The minimum Gasteiger partial charge on any atom is -0.294 e. The number of benzene rings is 1. The number of carbonyl (C=O) groups excluding carboxylic acids is 1. The molecule has 0 amide bonds. The minimum atomic E-state index is 0.228. The van der Waals surface area contributed by atoms with Crippen LogP contribution in [0.4, 0.5) is 0 Å². The van der Waals surface area contributed by atoms with Crippen LogP contribution < -0.4 is 0 Å². The first kappa shape index (κ1) is 11.0. The molecule has 0 spiro atoms. The number of carbonyl (C=O) groups is 1. The summed E-state index contributed by atoms with van der Waals surface area (Å²) in [5.41, 5.74) is 2.32. The van der Waals surface area contributed by atoms with Gasteiger partial charge in [0.05, 0.1) is 0 Å². The van der Waals surface area contributed by atoms with E-state index >= 15 is 0 Å². The number of Topliss-reactive ketones (excluding diaryl/α,β-unsaturated/α-hetero) is 1. The molecule has 0 bridgehead atoms. The van der Waals surface area contributed by atoms with Gasteiger partial charge in [-0.2, -0.15) is 0 Å². The normalized spacial score (nSPS) is 21.9. The maximum absolute atomic E-state index is 12.3. The van der Waals surface area contributed by atoms with E-state index in [-0.39, 0.29) is 5.92 Å². The van der Waals surface area contributed by atoms with Crippen LogP contribution in [0.1, 0.15) is 60.9 Å². The van der Waals surface area contributed by atoms with Gasteiger partial charge in [-0.25, -0.2) is 0 Å². The van der Waals surface area contributed by atoms with E-state index in [9.17, 15) is 4.79 Å². The maximum atomic E-state index is 12.3.